The van der Waals surface area contributed by atoms with Gasteiger partial charge in [-0.15, -0.1) is 0 Å². The monoisotopic (exact) mass is 249 g/mol. The number of methoxy groups -OCH3 is 1. The first-order valence-corrected chi connectivity index (χ1v) is 4.21. The fraction of sp³-hybridized carbons (Fsp3) is 0.222. The van der Waals surface area contributed by atoms with Crippen LogP contribution in [0.15, 0.2) is 18.2 Å². The van der Waals surface area contributed by atoms with E-state index in [0.717, 1.165) is 19.2 Å². The molecule has 0 bridgehead atoms. The topological polar surface area (TPSA) is 69.4 Å². The van der Waals surface area contributed by atoms with Crippen LogP contribution in [-0.4, -0.2) is 24.0 Å². The Morgan fingerprint density at radius 3 is 2.41 bits per heavy atom. The number of nitro groups is 1. The van der Waals surface area contributed by atoms with Gasteiger partial charge in [0.25, 0.3) is 11.5 Å². The molecule has 8 heteroatoms. The number of ketones is 1. The molecule has 0 N–H and O–H groups in total. The smallest absolute Gasteiger partial charge is 0.455 e. The quantitative estimate of drug-likeness (QED) is 0.468. The summed E-state index contributed by atoms with van der Waals surface area (Å²) in [7, 11) is 1.02. The zero-order valence-electron chi connectivity index (χ0n) is 8.45. The lowest BCUT2D eigenvalue weighted by Gasteiger charge is -2.09. The molecule has 0 aliphatic carbocycles. The molecule has 0 spiro atoms. The Kier molecular flexibility index (Phi) is 3.35. The number of halogens is 3. The Morgan fingerprint density at radius 2 is 2.00 bits per heavy atom. The lowest BCUT2D eigenvalue weighted by molar-refractivity contribution is -0.384. The van der Waals surface area contributed by atoms with Gasteiger partial charge in [-0.25, -0.2) is 0 Å². The van der Waals surface area contributed by atoms with Gasteiger partial charge in [-0.3, -0.25) is 14.9 Å². The number of alkyl halides is 3. The molecule has 0 fully saturated rings. The van der Waals surface area contributed by atoms with E-state index in [2.05, 4.69) is 4.74 Å². The first-order valence-electron chi connectivity index (χ1n) is 4.21. The lowest BCUT2D eigenvalue weighted by atomic mass is 10.1. The van der Waals surface area contributed by atoms with Crippen molar-refractivity contribution in [3.8, 4) is 5.75 Å². The number of Topliss-reactive ketones (excluding diaryl/α,β-unsaturated/α-hetero) is 1. The van der Waals surface area contributed by atoms with Crippen molar-refractivity contribution in [2.45, 2.75) is 6.18 Å². The van der Waals surface area contributed by atoms with Gasteiger partial charge in [-0.1, -0.05) is 0 Å². The summed E-state index contributed by atoms with van der Waals surface area (Å²) < 4.78 is 41.0. The van der Waals surface area contributed by atoms with E-state index in [4.69, 9.17) is 0 Å². The van der Waals surface area contributed by atoms with Crippen molar-refractivity contribution in [2.24, 2.45) is 0 Å². The van der Waals surface area contributed by atoms with E-state index in [1.54, 1.807) is 0 Å². The second-order valence-corrected chi connectivity index (χ2v) is 2.97. The van der Waals surface area contributed by atoms with Crippen LogP contribution < -0.4 is 4.74 Å². The van der Waals surface area contributed by atoms with Crippen LogP contribution in [0.3, 0.4) is 0 Å². The molecule has 1 aromatic carbocycles. The summed E-state index contributed by atoms with van der Waals surface area (Å²) in [5.41, 5.74) is -1.22. The van der Waals surface area contributed by atoms with E-state index >= 15 is 0 Å². The minimum absolute atomic E-state index is 0.458. The molecule has 0 aromatic heterocycles. The second kappa shape index (κ2) is 4.40. The van der Waals surface area contributed by atoms with E-state index in [1.807, 2.05) is 0 Å². The molecule has 0 heterocycles. The van der Waals surface area contributed by atoms with Crippen LogP contribution in [-0.2, 0) is 0 Å². The van der Waals surface area contributed by atoms with Gasteiger partial charge in [0.1, 0.15) is 5.75 Å². The van der Waals surface area contributed by atoms with E-state index < -0.39 is 33.9 Å². The highest BCUT2D eigenvalue weighted by molar-refractivity contribution is 6.02. The molecule has 1 rings (SSSR count). The van der Waals surface area contributed by atoms with Gasteiger partial charge in [0.15, 0.2) is 0 Å². The fourth-order valence-corrected chi connectivity index (χ4v) is 1.13. The van der Waals surface area contributed by atoms with Gasteiger partial charge < -0.3 is 4.74 Å². The maximum absolute atomic E-state index is 12.2. The number of hydrogen-bond donors (Lipinski definition) is 0. The number of non-ortho nitro benzene ring substituents is 1. The van der Waals surface area contributed by atoms with E-state index in [-0.39, 0.29) is 0 Å². The molecule has 0 saturated carbocycles. The van der Waals surface area contributed by atoms with Crippen LogP contribution in [0.2, 0.25) is 0 Å². The predicted molar refractivity (Wildman–Crippen MR) is 50.0 cm³/mol. The molecule has 92 valence electrons. The van der Waals surface area contributed by atoms with Gasteiger partial charge in [0.05, 0.1) is 23.7 Å². The molecular formula is C9H6F3NO4. The van der Waals surface area contributed by atoms with Crippen LogP contribution >= 0.6 is 0 Å². The average Bonchev–Trinajstić information content (AvgIpc) is 2.25. The maximum atomic E-state index is 12.2. The third-order valence-electron chi connectivity index (χ3n) is 1.90. The Hall–Kier alpha value is -2.12. The van der Waals surface area contributed by atoms with Crippen molar-refractivity contribution < 1.29 is 27.6 Å². The molecular weight excluding hydrogens is 243 g/mol. The molecule has 5 nitrogen and oxygen atoms in total. The summed E-state index contributed by atoms with van der Waals surface area (Å²) in [6.45, 7) is 0. The minimum Gasteiger partial charge on any atom is -0.496 e. The van der Waals surface area contributed by atoms with Crippen LogP contribution in [0.5, 0.6) is 5.75 Å². The average molecular weight is 249 g/mol. The van der Waals surface area contributed by atoms with Crippen LogP contribution in [0, 0.1) is 10.1 Å². The molecule has 0 unspecified atom stereocenters. The molecule has 0 saturated heterocycles. The fourth-order valence-electron chi connectivity index (χ4n) is 1.13. The molecule has 1 aromatic rings. The number of hydrogen-bond acceptors (Lipinski definition) is 4. The van der Waals surface area contributed by atoms with Crippen molar-refractivity contribution in [3.63, 3.8) is 0 Å². The SMILES string of the molecule is COc1cc([N+](=O)[O-])ccc1C(=O)C(F)(F)F. The zero-order chi connectivity index (χ0) is 13.2. The summed E-state index contributed by atoms with van der Waals surface area (Å²) in [4.78, 5) is 20.5. The molecule has 0 amide bonds. The highest BCUT2D eigenvalue weighted by Gasteiger charge is 2.41. The van der Waals surface area contributed by atoms with Gasteiger partial charge in [0.2, 0.25) is 0 Å². The number of ether oxygens (including phenoxy) is 1. The van der Waals surface area contributed by atoms with Crippen LogP contribution in [0.25, 0.3) is 0 Å². The highest BCUT2D eigenvalue weighted by atomic mass is 19.4. The summed E-state index contributed by atoms with van der Waals surface area (Å²) in [6.07, 6.45) is -5.05. The molecule has 0 aliphatic rings. The predicted octanol–water partition coefficient (Wildman–Crippen LogP) is 2.35. The van der Waals surface area contributed by atoms with Crippen LogP contribution in [0.4, 0.5) is 18.9 Å². The second-order valence-electron chi connectivity index (χ2n) is 2.97. The Morgan fingerprint density at radius 1 is 1.41 bits per heavy atom. The number of nitrogens with zero attached hydrogens (tertiary/aromatic N) is 1. The van der Waals surface area contributed by atoms with Gasteiger partial charge >= 0.3 is 6.18 Å². The molecule has 17 heavy (non-hydrogen) atoms. The Labute approximate surface area is 93.0 Å². The molecule has 0 aliphatic heterocycles. The zero-order valence-corrected chi connectivity index (χ0v) is 8.45. The molecule has 0 radical (unpaired) electrons. The van der Waals surface area contributed by atoms with Crippen molar-refractivity contribution in [3.05, 3.63) is 33.9 Å². The van der Waals surface area contributed by atoms with Crippen molar-refractivity contribution in [2.75, 3.05) is 7.11 Å². The van der Waals surface area contributed by atoms with E-state index in [9.17, 15) is 28.1 Å². The Balaban J connectivity index is 3.27. The van der Waals surface area contributed by atoms with Crippen molar-refractivity contribution in [1.29, 1.82) is 0 Å². The molecule has 0 atom stereocenters. The van der Waals surface area contributed by atoms with Crippen molar-refractivity contribution >= 4 is 11.5 Å². The van der Waals surface area contributed by atoms with E-state index in [0.29, 0.717) is 6.07 Å². The third-order valence-corrected chi connectivity index (χ3v) is 1.90. The standard InChI is InChI=1S/C9H6F3NO4/c1-17-7-4-5(13(15)16)2-3-6(7)8(14)9(10,11)12/h2-4H,1H3. The normalized spacial score (nSPS) is 11.1. The van der Waals surface area contributed by atoms with Crippen molar-refractivity contribution in [1.82, 2.24) is 0 Å². The number of nitro benzene ring substituents is 1. The first-order chi connectivity index (χ1) is 7.77. The van der Waals surface area contributed by atoms with Gasteiger partial charge in [-0.05, 0) is 6.07 Å². The van der Waals surface area contributed by atoms with Gasteiger partial charge in [-0.2, -0.15) is 13.2 Å². The minimum atomic E-state index is -5.05. The summed E-state index contributed by atoms with van der Waals surface area (Å²) in [5, 5.41) is 10.4. The number of rotatable bonds is 3. The first kappa shape index (κ1) is 12.9. The van der Waals surface area contributed by atoms with Gasteiger partial charge in [0, 0.05) is 6.07 Å². The number of carbonyl (C=O) groups excluding carboxylic acids is 1. The number of carbonyl (C=O) groups is 1. The summed E-state index contributed by atoms with van der Waals surface area (Å²) in [5.74, 6) is -2.59. The lowest BCUT2D eigenvalue weighted by Crippen LogP contribution is -2.23. The number of benzene rings is 1. The summed E-state index contributed by atoms with van der Waals surface area (Å²) >= 11 is 0. The Bertz CT molecular complexity index is 470. The summed E-state index contributed by atoms with van der Waals surface area (Å²) in [6, 6.07) is 2.28. The van der Waals surface area contributed by atoms with E-state index in [1.165, 1.54) is 0 Å². The highest BCUT2D eigenvalue weighted by Crippen LogP contribution is 2.30. The largest absolute Gasteiger partial charge is 0.496 e. The van der Waals surface area contributed by atoms with Crippen LogP contribution in [0.1, 0.15) is 10.4 Å². The maximum Gasteiger partial charge on any atom is 0.455 e. The third kappa shape index (κ3) is 2.71.